The topological polar surface area (TPSA) is 49.4 Å². The van der Waals surface area contributed by atoms with Crippen LogP contribution < -0.4 is 5.32 Å². The van der Waals surface area contributed by atoms with Crippen molar-refractivity contribution in [1.82, 2.24) is 4.90 Å². The summed E-state index contributed by atoms with van der Waals surface area (Å²) in [6, 6.07) is 13.5. The summed E-state index contributed by atoms with van der Waals surface area (Å²) in [6.45, 7) is 5.32. The summed E-state index contributed by atoms with van der Waals surface area (Å²) in [5.41, 5.74) is 5.24. The number of rotatable bonds is 6. The Kier molecular flexibility index (Phi) is 6.28. The maximum atomic E-state index is 12.4. The van der Waals surface area contributed by atoms with Crippen LogP contribution in [0.1, 0.15) is 53.7 Å². The van der Waals surface area contributed by atoms with E-state index < -0.39 is 0 Å². The number of amides is 2. The van der Waals surface area contributed by atoms with Gasteiger partial charge in [-0.05, 0) is 80.5 Å². The second kappa shape index (κ2) is 8.85. The van der Waals surface area contributed by atoms with Crippen LogP contribution in [0.25, 0.3) is 0 Å². The number of benzene rings is 2. The number of carbonyl (C=O) groups is 2. The van der Waals surface area contributed by atoms with Gasteiger partial charge in [0.15, 0.2) is 0 Å². The summed E-state index contributed by atoms with van der Waals surface area (Å²) in [4.78, 5) is 26.5. The number of hydrogen-bond acceptors (Lipinski definition) is 2. The molecule has 0 saturated heterocycles. The molecule has 0 heterocycles. The molecule has 0 radical (unpaired) electrons. The van der Waals surface area contributed by atoms with Crippen molar-refractivity contribution >= 4 is 17.5 Å². The van der Waals surface area contributed by atoms with Crippen LogP contribution in [0.5, 0.6) is 0 Å². The third kappa shape index (κ3) is 4.76. The fourth-order valence-corrected chi connectivity index (χ4v) is 3.68. The molecule has 2 amide bonds. The first kappa shape index (κ1) is 19.2. The summed E-state index contributed by atoms with van der Waals surface area (Å²) in [5, 5.41) is 2.93. The van der Waals surface area contributed by atoms with E-state index in [2.05, 4.69) is 23.5 Å². The molecule has 0 bridgehead atoms. The van der Waals surface area contributed by atoms with Crippen LogP contribution in [0.15, 0.2) is 42.5 Å². The van der Waals surface area contributed by atoms with E-state index in [9.17, 15) is 9.59 Å². The normalized spacial score (nSPS) is 13.0. The predicted molar refractivity (Wildman–Crippen MR) is 109 cm³/mol. The highest BCUT2D eigenvalue weighted by molar-refractivity contribution is 5.96. The number of carbonyl (C=O) groups excluding carboxylic acids is 2. The smallest absolute Gasteiger partial charge is 0.253 e. The Labute approximate surface area is 161 Å². The van der Waals surface area contributed by atoms with Gasteiger partial charge in [-0.25, -0.2) is 0 Å². The van der Waals surface area contributed by atoms with Crippen LogP contribution >= 0.6 is 0 Å². The first-order chi connectivity index (χ1) is 13.1. The number of aryl methyl sites for hydroxylation is 2. The van der Waals surface area contributed by atoms with Crippen molar-refractivity contribution in [2.75, 3.05) is 18.4 Å². The number of hydrogen-bond donors (Lipinski definition) is 1. The Morgan fingerprint density at radius 1 is 0.926 bits per heavy atom. The van der Waals surface area contributed by atoms with E-state index >= 15 is 0 Å². The summed E-state index contributed by atoms with van der Waals surface area (Å²) in [7, 11) is 0. The first-order valence-electron chi connectivity index (χ1n) is 9.90. The van der Waals surface area contributed by atoms with Gasteiger partial charge in [-0.2, -0.15) is 0 Å². The average molecular weight is 364 g/mol. The first-order valence-corrected chi connectivity index (χ1v) is 9.90. The Morgan fingerprint density at radius 2 is 1.59 bits per heavy atom. The van der Waals surface area contributed by atoms with E-state index in [1.54, 1.807) is 29.2 Å². The SMILES string of the molecule is CCN(CC)C(=O)c1ccc(NC(=O)Cc2ccc3c(c2)CCCC3)cc1. The number of nitrogens with one attached hydrogen (secondary N) is 1. The van der Waals surface area contributed by atoms with E-state index in [1.165, 1.54) is 24.0 Å². The highest BCUT2D eigenvalue weighted by Gasteiger charge is 2.13. The third-order valence-electron chi connectivity index (χ3n) is 5.24. The minimum Gasteiger partial charge on any atom is -0.339 e. The molecular weight excluding hydrogens is 336 g/mol. The van der Waals surface area contributed by atoms with Gasteiger partial charge in [0.2, 0.25) is 5.91 Å². The predicted octanol–water partition coefficient (Wildman–Crippen LogP) is 4.23. The largest absolute Gasteiger partial charge is 0.339 e. The zero-order valence-corrected chi connectivity index (χ0v) is 16.3. The Balaban J connectivity index is 1.60. The fourth-order valence-electron chi connectivity index (χ4n) is 3.68. The molecule has 0 saturated carbocycles. The van der Waals surface area contributed by atoms with Gasteiger partial charge >= 0.3 is 0 Å². The fraction of sp³-hybridized carbons (Fsp3) is 0.391. The molecule has 0 spiro atoms. The van der Waals surface area contributed by atoms with Crippen LogP contribution in [0.4, 0.5) is 5.69 Å². The van der Waals surface area contributed by atoms with Crippen molar-refractivity contribution in [1.29, 1.82) is 0 Å². The molecule has 2 aromatic rings. The molecule has 0 fully saturated rings. The number of anilines is 1. The maximum Gasteiger partial charge on any atom is 0.253 e. The van der Waals surface area contributed by atoms with Crippen molar-refractivity contribution in [2.45, 2.75) is 46.0 Å². The molecule has 0 atom stereocenters. The molecule has 0 aliphatic heterocycles. The van der Waals surface area contributed by atoms with Crippen LogP contribution in [0.3, 0.4) is 0 Å². The Morgan fingerprint density at radius 3 is 2.26 bits per heavy atom. The summed E-state index contributed by atoms with van der Waals surface area (Å²) in [5.74, 6) is -0.0134. The molecule has 4 nitrogen and oxygen atoms in total. The van der Waals surface area contributed by atoms with Crippen molar-refractivity contribution in [3.05, 3.63) is 64.7 Å². The monoisotopic (exact) mass is 364 g/mol. The second-order valence-corrected chi connectivity index (χ2v) is 7.09. The molecule has 0 unspecified atom stereocenters. The third-order valence-corrected chi connectivity index (χ3v) is 5.24. The van der Waals surface area contributed by atoms with E-state index in [0.717, 1.165) is 18.4 Å². The Hall–Kier alpha value is -2.62. The minimum absolute atomic E-state index is 0.0203. The van der Waals surface area contributed by atoms with Crippen LogP contribution in [-0.2, 0) is 24.1 Å². The average Bonchev–Trinajstić information content (AvgIpc) is 2.69. The number of fused-ring (bicyclic) bond motifs is 1. The summed E-state index contributed by atoms with van der Waals surface area (Å²) in [6.07, 6.45) is 5.14. The zero-order chi connectivity index (χ0) is 19.2. The van der Waals surface area contributed by atoms with Gasteiger partial charge in [-0.1, -0.05) is 18.2 Å². The molecule has 142 valence electrons. The van der Waals surface area contributed by atoms with Crippen LogP contribution in [-0.4, -0.2) is 29.8 Å². The van der Waals surface area contributed by atoms with Gasteiger partial charge in [0, 0.05) is 24.3 Å². The van der Waals surface area contributed by atoms with E-state index in [4.69, 9.17) is 0 Å². The molecule has 0 aromatic heterocycles. The van der Waals surface area contributed by atoms with E-state index in [-0.39, 0.29) is 11.8 Å². The molecule has 1 aliphatic rings. The summed E-state index contributed by atoms with van der Waals surface area (Å²) < 4.78 is 0. The van der Waals surface area contributed by atoms with Gasteiger partial charge in [-0.15, -0.1) is 0 Å². The number of nitrogens with zero attached hydrogens (tertiary/aromatic N) is 1. The lowest BCUT2D eigenvalue weighted by Crippen LogP contribution is -2.30. The van der Waals surface area contributed by atoms with Gasteiger partial charge in [-0.3, -0.25) is 9.59 Å². The molecular formula is C23H28N2O2. The molecule has 2 aromatic carbocycles. The summed E-state index contributed by atoms with van der Waals surface area (Å²) >= 11 is 0. The lowest BCUT2D eigenvalue weighted by molar-refractivity contribution is -0.115. The van der Waals surface area contributed by atoms with Gasteiger partial charge in [0.1, 0.15) is 0 Å². The van der Waals surface area contributed by atoms with Crippen molar-refractivity contribution < 1.29 is 9.59 Å². The van der Waals surface area contributed by atoms with Crippen LogP contribution in [0.2, 0.25) is 0 Å². The molecule has 3 rings (SSSR count). The maximum absolute atomic E-state index is 12.4. The molecule has 27 heavy (non-hydrogen) atoms. The highest BCUT2D eigenvalue weighted by Crippen LogP contribution is 2.22. The van der Waals surface area contributed by atoms with E-state index in [0.29, 0.717) is 30.8 Å². The van der Waals surface area contributed by atoms with Crippen molar-refractivity contribution in [3.8, 4) is 0 Å². The van der Waals surface area contributed by atoms with Gasteiger partial charge < -0.3 is 10.2 Å². The molecule has 4 heteroatoms. The highest BCUT2D eigenvalue weighted by atomic mass is 16.2. The Bertz CT molecular complexity index is 808. The minimum atomic E-state index is -0.0337. The lowest BCUT2D eigenvalue weighted by atomic mass is 9.90. The van der Waals surface area contributed by atoms with E-state index in [1.807, 2.05) is 13.8 Å². The van der Waals surface area contributed by atoms with Gasteiger partial charge in [0.05, 0.1) is 6.42 Å². The standard InChI is InChI=1S/C23H28N2O2/c1-3-25(4-2)23(27)19-11-13-21(14-12-19)24-22(26)16-17-9-10-18-7-5-6-8-20(18)15-17/h9-15H,3-8,16H2,1-2H3,(H,24,26). The quantitative estimate of drug-likeness (QED) is 0.834. The zero-order valence-electron chi connectivity index (χ0n) is 16.3. The van der Waals surface area contributed by atoms with Crippen molar-refractivity contribution in [2.24, 2.45) is 0 Å². The van der Waals surface area contributed by atoms with Gasteiger partial charge in [0.25, 0.3) is 5.91 Å². The van der Waals surface area contributed by atoms with Crippen molar-refractivity contribution in [3.63, 3.8) is 0 Å². The van der Waals surface area contributed by atoms with Crippen LogP contribution in [0, 0.1) is 0 Å². The molecule has 1 aliphatic carbocycles. The molecule has 1 N–H and O–H groups in total. The second-order valence-electron chi connectivity index (χ2n) is 7.09. The lowest BCUT2D eigenvalue weighted by Gasteiger charge is -2.18.